The average molecular weight is 1830 g/mol. The normalized spacial score (nSPS) is 15.0. The zero-order valence-corrected chi connectivity index (χ0v) is 73.4. The minimum atomic E-state index is -2.02. The van der Waals surface area contributed by atoms with Crippen LogP contribution >= 0.6 is 48.8 Å². The van der Waals surface area contributed by atoms with Crippen LogP contribution in [0.1, 0.15) is 141 Å². The predicted molar refractivity (Wildman–Crippen MR) is 445 cm³/mol. The van der Waals surface area contributed by atoms with E-state index in [9.17, 15) is 136 Å². The first-order valence-corrected chi connectivity index (χ1v) is 42.0. The van der Waals surface area contributed by atoms with Crippen molar-refractivity contribution in [2.24, 2.45) is 40.9 Å². The fourth-order valence-corrected chi connectivity index (χ4v) is 12.9. The summed E-state index contributed by atoms with van der Waals surface area (Å²) in [5.41, 5.74) is 16.3. The van der Waals surface area contributed by atoms with Gasteiger partial charge in [0.15, 0.2) is 0 Å². The maximum Gasteiger partial charge on any atom is 0.326 e. The maximum atomic E-state index is 14.3. The number of nitrogens with two attached hydrogens (primary N) is 3. The van der Waals surface area contributed by atoms with E-state index in [-0.39, 0.29) is 42.0 Å². The molecule has 0 unspecified atom stereocenters. The molecule has 0 saturated carbocycles. The lowest BCUT2D eigenvalue weighted by molar-refractivity contribution is -0.143. The van der Waals surface area contributed by atoms with Crippen LogP contribution in [0.5, 0.6) is 0 Å². The molecule has 19 amide bonds. The van der Waals surface area contributed by atoms with Gasteiger partial charge in [-0.05, 0) is 63.2 Å². The molecule has 0 spiro atoms. The van der Waals surface area contributed by atoms with Gasteiger partial charge < -0.3 is 133 Å². The summed E-state index contributed by atoms with van der Waals surface area (Å²) in [7, 11) is 0. The smallest absolute Gasteiger partial charge is 0.326 e. The first kappa shape index (κ1) is 112. The molecule has 0 saturated heterocycles. The van der Waals surface area contributed by atoms with Crippen LogP contribution in [0.25, 0.3) is 0 Å². The quantitative estimate of drug-likeness (QED) is 0.0153. The first-order chi connectivity index (χ1) is 57.2. The van der Waals surface area contributed by atoms with Gasteiger partial charge >= 0.3 is 23.9 Å². The summed E-state index contributed by atoms with van der Waals surface area (Å²) in [6.45, 7) is 16.2. The predicted octanol–water partition coefficient (Wildman–Crippen LogP) is -9.43. The summed E-state index contributed by atoms with van der Waals surface area (Å²) < 4.78 is 0. The molecule has 28 N–H and O–H groups in total. The Bertz CT molecular complexity index is 3750. The van der Waals surface area contributed by atoms with Crippen molar-refractivity contribution in [2.75, 3.05) is 41.3 Å². The second-order valence-corrected chi connectivity index (χ2v) is 32.5. The number of rotatable bonds is 60. The van der Waals surface area contributed by atoms with Crippen molar-refractivity contribution in [3.8, 4) is 0 Å². The molecule has 694 valence electrons. The van der Waals surface area contributed by atoms with E-state index in [0.717, 1.165) is 37.4 Å². The highest BCUT2D eigenvalue weighted by molar-refractivity contribution is 7.99. The fourth-order valence-electron chi connectivity index (χ4n) is 10.6. The lowest BCUT2D eigenvalue weighted by atomic mass is 10.00. The summed E-state index contributed by atoms with van der Waals surface area (Å²) in [6.07, 6.45) is -7.84. The number of thioether (sulfide) groups is 2. The van der Waals surface area contributed by atoms with Gasteiger partial charge in [0.1, 0.15) is 84.6 Å². The van der Waals surface area contributed by atoms with Gasteiger partial charge in [-0.1, -0.05) is 55.4 Å². The number of carbonyl (C=O) groups is 23. The largest absolute Gasteiger partial charge is 0.481 e. The molecule has 0 heterocycles. The van der Waals surface area contributed by atoms with Gasteiger partial charge in [0.05, 0.1) is 49.7 Å². The lowest BCUT2D eigenvalue weighted by Crippen LogP contribution is -2.62. The van der Waals surface area contributed by atoms with Crippen LogP contribution < -0.4 is 108 Å². The summed E-state index contributed by atoms with van der Waals surface area (Å²) in [6, 6.07) is -25.5. The molecule has 0 aliphatic carbocycles. The molecule has 16 atom stereocenters. The molecule has 0 aromatic rings. The number of thiol groups is 2. The number of nitrogens with one attached hydrogen (secondary N) is 17. The number of aliphatic hydroxyl groups is 1. The number of primary amides is 2. The highest BCUT2D eigenvalue weighted by atomic mass is 32.2. The Morgan fingerprint density at radius 1 is 0.341 bits per heavy atom. The number of aliphatic carboxylic acids is 4. The number of hydrogen-bond donors (Lipinski definition) is 27. The molecule has 0 aromatic carbocycles. The van der Waals surface area contributed by atoms with E-state index in [0.29, 0.717) is 0 Å². The lowest BCUT2D eigenvalue weighted by Gasteiger charge is -2.29. The Kier molecular flexibility index (Phi) is 52.4. The molecule has 0 aliphatic heterocycles. The highest BCUT2D eigenvalue weighted by Gasteiger charge is 2.40. The van der Waals surface area contributed by atoms with Crippen molar-refractivity contribution >= 4 is 185 Å². The molecular weight excluding hydrogens is 1710 g/mol. The summed E-state index contributed by atoms with van der Waals surface area (Å²) in [5, 5.41) is 88.5. The van der Waals surface area contributed by atoms with Gasteiger partial charge in [0, 0.05) is 49.7 Å². The number of aliphatic hydroxyl groups excluding tert-OH is 1. The topological polar surface area (TPSA) is 776 Å². The van der Waals surface area contributed by atoms with Crippen molar-refractivity contribution in [1.82, 2.24) is 90.4 Å². The molecule has 0 radical (unpaired) electrons. The highest BCUT2D eigenvalue weighted by Crippen LogP contribution is 2.15. The number of carboxylic acid groups (broad SMARTS) is 4. The van der Waals surface area contributed by atoms with Gasteiger partial charge in [-0.15, -0.1) is 23.5 Å². The Hall–Kier alpha value is -10.9. The Morgan fingerprint density at radius 3 is 1.09 bits per heavy atom. The third kappa shape index (κ3) is 45.7. The van der Waals surface area contributed by atoms with Gasteiger partial charge in [-0.3, -0.25) is 105 Å². The monoisotopic (exact) mass is 1830 g/mol. The third-order valence-electron chi connectivity index (χ3n) is 17.1. The van der Waals surface area contributed by atoms with E-state index in [1.807, 2.05) is 5.32 Å². The minimum Gasteiger partial charge on any atom is -0.481 e. The van der Waals surface area contributed by atoms with E-state index in [2.05, 4.69) is 110 Å². The number of amides is 19. The van der Waals surface area contributed by atoms with Gasteiger partial charge in [0.25, 0.3) is 0 Å². The standard InChI is InChI=1S/C71H118N20O28S4/c1-29(2)17-40(83-59(106)38(13-15-51(98)99)81-66(113)46(25-122-27-76-35(11)93)88-60(107)39(14-16-52(100)101)80-62(109)42(21-53(102)103)82-58(105)37(72)19-48(73)95)61(108)86-45(24-121)65(112)90-55(32(7)8)70(117)84-41(20-49(74)96)63(110)89-54(31(5)6)69(116)78-33(9)57(104)87-47(26-123-28-77-36(12)94)67(114)91-56(34(10)92)68(115)75-22-50(97)79-44(23-120)64(111)85-43(71(118)119)18-30(3)4/h29-34,37-47,54-56,92,120-121H,13-28,72H2,1-12H3,(H2,73,95)(H2,74,96)(H,75,115)(H,76,93)(H,77,94)(H,78,116)(H,79,97)(H,80,109)(H,81,113)(H,82,105)(H,83,106)(H,84,117)(H,85,111)(H,86,108)(H,87,104)(H,88,107)(H,89,110)(H,90,112)(H,91,114)(H,98,99)(H,100,101)(H,102,103)(H,118,119)/t33-,34+,37-,38-,39-,40-,41-,42-,43-,44-,45-,46-,47-,54-,55-,56-/m0/s1. The Morgan fingerprint density at radius 2 is 0.675 bits per heavy atom. The van der Waals surface area contributed by atoms with Crippen LogP contribution in [0.4, 0.5) is 0 Å². The SMILES string of the molecule is CC(=O)NCSC[C@H](NC(=O)[C@H](C)NC(=O)[C@@H](NC(=O)[C@H](CC(N)=O)NC(=O)[C@@H](NC(=O)[C@H](CS)NC(=O)[C@H](CC(C)C)NC(=O)[C@H](CCC(=O)O)NC(=O)[C@H](CSCNC(C)=O)NC(=O)[C@H](CCC(=O)O)NC(=O)[C@H](CC(=O)O)NC(=O)[C@@H](N)CC(N)=O)C(C)C)C(C)C)C(=O)N[C@H](C(=O)NCC(=O)N[C@@H](CS)C(=O)N[C@@H](CC(C)C)C(=O)O)[C@@H](C)O. The molecule has 123 heavy (non-hydrogen) atoms. The molecule has 0 aromatic heterocycles. The maximum absolute atomic E-state index is 14.3. The molecule has 52 heteroatoms. The van der Waals surface area contributed by atoms with Gasteiger partial charge in [-0.2, -0.15) is 25.3 Å². The van der Waals surface area contributed by atoms with Crippen molar-refractivity contribution in [1.29, 1.82) is 0 Å². The average Bonchev–Trinajstić information content (AvgIpc) is 0.879. The second kappa shape index (κ2) is 57.5. The van der Waals surface area contributed by atoms with Crippen molar-refractivity contribution in [3.05, 3.63) is 0 Å². The van der Waals surface area contributed by atoms with E-state index in [4.69, 9.17) is 17.2 Å². The number of carbonyl (C=O) groups excluding carboxylic acids is 19. The van der Waals surface area contributed by atoms with Crippen LogP contribution in [0.3, 0.4) is 0 Å². The fraction of sp³-hybridized carbons (Fsp3) is 0.676. The van der Waals surface area contributed by atoms with Crippen molar-refractivity contribution in [3.63, 3.8) is 0 Å². The van der Waals surface area contributed by atoms with Gasteiger partial charge in [0.2, 0.25) is 112 Å². The number of carboxylic acids is 4. The summed E-state index contributed by atoms with van der Waals surface area (Å²) in [5.74, 6) is -30.8. The van der Waals surface area contributed by atoms with Crippen LogP contribution in [0.15, 0.2) is 0 Å². The summed E-state index contributed by atoms with van der Waals surface area (Å²) in [4.78, 5) is 302. The van der Waals surface area contributed by atoms with Gasteiger partial charge in [-0.25, -0.2) is 4.79 Å². The summed E-state index contributed by atoms with van der Waals surface area (Å²) >= 11 is 9.98. The first-order valence-electron chi connectivity index (χ1n) is 38.4. The minimum absolute atomic E-state index is 0.0588. The zero-order chi connectivity index (χ0) is 94.6. The zero-order valence-electron chi connectivity index (χ0n) is 69.9. The molecule has 0 fully saturated rings. The Labute approximate surface area is 727 Å². The molecule has 0 bridgehead atoms. The number of hydrogen-bond acceptors (Lipinski definition) is 29. The second-order valence-electron chi connectivity index (χ2n) is 29.7. The molecular formula is C71H118N20O28S4. The van der Waals surface area contributed by atoms with E-state index in [1.165, 1.54) is 41.5 Å². The Balaban J connectivity index is 6.92. The van der Waals surface area contributed by atoms with E-state index >= 15 is 0 Å². The van der Waals surface area contributed by atoms with Crippen LogP contribution in [0, 0.1) is 23.7 Å². The van der Waals surface area contributed by atoms with Crippen LogP contribution in [0.2, 0.25) is 0 Å². The molecule has 0 rings (SSSR count). The van der Waals surface area contributed by atoms with E-state index < -0.39 is 314 Å². The van der Waals surface area contributed by atoms with Crippen LogP contribution in [-0.2, 0) is 110 Å². The third-order valence-corrected chi connectivity index (χ3v) is 19.7. The van der Waals surface area contributed by atoms with Crippen molar-refractivity contribution in [2.45, 2.75) is 238 Å². The van der Waals surface area contributed by atoms with Crippen molar-refractivity contribution < 1.29 is 136 Å². The van der Waals surface area contributed by atoms with E-state index in [1.54, 1.807) is 27.7 Å². The molecule has 48 nitrogen and oxygen atoms in total. The molecule has 0 aliphatic rings. The van der Waals surface area contributed by atoms with Crippen LogP contribution in [-0.4, -0.2) is 300 Å².